The lowest BCUT2D eigenvalue weighted by Crippen LogP contribution is -2.34. The normalized spacial score (nSPS) is 13.6. The van der Waals surface area contributed by atoms with Crippen molar-refractivity contribution in [2.45, 2.75) is 0 Å². The van der Waals surface area contributed by atoms with E-state index in [9.17, 15) is 19.7 Å². The van der Waals surface area contributed by atoms with E-state index in [0.717, 1.165) is 9.91 Å². The lowest BCUT2D eigenvalue weighted by molar-refractivity contribution is -0.384. The predicted octanol–water partition coefficient (Wildman–Crippen LogP) is 1.54. The van der Waals surface area contributed by atoms with E-state index >= 15 is 0 Å². The summed E-state index contributed by atoms with van der Waals surface area (Å²) in [6.45, 7) is 4.45. The number of carbonyl (C=O) groups is 2. The fraction of sp³-hybridized carbons (Fsp3) is 0.536. The summed E-state index contributed by atoms with van der Waals surface area (Å²) in [4.78, 5) is 36.3. The minimum absolute atomic E-state index is 0.000399. The quantitative estimate of drug-likeness (QED) is 0.0586. The van der Waals surface area contributed by atoms with Gasteiger partial charge >= 0.3 is 6.03 Å². The van der Waals surface area contributed by atoms with Crippen molar-refractivity contribution in [3.63, 3.8) is 0 Å². The lowest BCUT2D eigenvalue weighted by Gasteiger charge is -2.14. The van der Waals surface area contributed by atoms with E-state index in [4.69, 9.17) is 37.9 Å². The number of rotatable bonds is 24. The van der Waals surface area contributed by atoms with Gasteiger partial charge in [0.05, 0.1) is 104 Å². The standard InChI is InChI=1S/C28H38N4O12/c33-8-10-39-12-14-41-16-18-43-20-19-42-17-15-40-13-11-38-9-7-30-27(34)22-31(28(30)35)29-21-25-5-6-26(44-25)23-1-3-24(4-2-23)32(36)37/h1-6,21,33H,7-20,22H2/b29-21+. The Labute approximate surface area is 254 Å². The molecule has 1 aliphatic heterocycles. The largest absolute Gasteiger partial charge is 0.455 e. The van der Waals surface area contributed by atoms with Crippen LogP contribution in [-0.2, 0) is 33.2 Å². The van der Waals surface area contributed by atoms with Crippen LogP contribution >= 0.6 is 0 Å². The molecular weight excluding hydrogens is 584 g/mol. The third kappa shape index (κ3) is 12.5. The highest BCUT2D eigenvalue weighted by molar-refractivity contribution is 6.02. The number of amides is 3. The van der Waals surface area contributed by atoms with Crippen LogP contribution in [0.5, 0.6) is 0 Å². The van der Waals surface area contributed by atoms with Gasteiger partial charge < -0.3 is 37.9 Å². The molecular formula is C28H38N4O12. The predicted molar refractivity (Wildman–Crippen MR) is 154 cm³/mol. The molecule has 44 heavy (non-hydrogen) atoms. The van der Waals surface area contributed by atoms with Gasteiger partial charge in [-0.2, -0.15) is 5.10 Å². The van der Waals surface area contributed by atoms with Crippen molar-refractivity contribution in [3.8, 4) is 11.3 Å². The third-order valence-corrected chi connectivity index (χ3v) is 5.91. The number of imide groups is 1. The minimum Gasteiger partial charge on any atom is -0.455 e. The first-order valence-electron chi connectivity index (χ1n) is 14.1. The highest BCUT2D eigenvalue weighted by atomic mass is 16.6. The van der Waals surface area contributed by atoms with Crippen molar-refractivity contribution in [2.24, 2.45) is 5.10 Å². The van der Waals surface area contributed by atoms with Crippen LogP contribution < -0.4 is 0 Å². The fourth-order valence-corrected chi connectivity index (χ4v) is 3.71. The minimum atomic E-state index is -0.564. The Morgan fingerprint density at radius 3 is 1.84 bits per heavy atom. The van der Waals surface area contributed by atoms with Gasteiger partial charge in [-0.25, -0.2) is 9.80 Å². The van der Waals surface area contributed by atoms with Crippen molar-refractivity contribution < 1.29 is 52.5 Å². The van der Waals surface area contributed by atoms with Crippen LogP contribution in [0.4, 0.5) is 10.5 Å². The Morgan fingerprint density at radius 1 is 0.795 bits per heavy atom. The summed E-state index contributed by atoms with van der Waals surface area (Å²) in [5, 5.41) is 24.5. The van der Waals surface area contributed by atoms with E-state index in [0.29, 0.717) is 89.8 Å². The van der Waals surface area contributed by atoms with Gasteiger partial charge in [0.2, 0.25) is 0 Å². The smallest absolute Gasteiger partial charge is 0.347 e. The SMILES string of the molecule is O=C1CN(/N=C/c2ccc(-c3ccc([N+](=O)[O-])cc3)o2)C(=O)N1CCOCCOCCOCCOCCOCCOCCO. The number of hydrogen-bond acceptors (Lipinski definition) is 13. The molecule has 1 saturated heterocycles. The average Bonchev–Trinajstić information content (AvgIpc) is 3.61. The number of nitro benzene ring substituents is 1. The molecule has 0 radical (unpaired) electrons. The second kappa shape index (κ2) is 20.2. The number of nitrogens with zero attached hydrogens (tertiary/aromatic N) is 4. The number of aliphatic hydroxyl groups is 1. The molecule has 0 unspecified atom stereocenters. The van der Waals surface area contributed by atoms with Gasteiger partial charge in [0.25, 0.3) is 11.6 Å². The molecule has 16 heteroatoms. The van der Waals surface area contributed by atoms with Crippen LogP contribution in [0.1, 0.15) is 5.76 Å². The first-order chi connectivity index (χ1) is 21.5. The van der Waals surface area contributed by atoms with Gasteiger partial charge in [0, 0.05) is 17.7 Å². The molecule has 2 heterocycles. The number of nitro groups is 1. The van der Waals surface area contributed by atoms with Crippen molar-refractivity contribution in [2.75, 3.05) is 99.0 Å². The molecule has 0 saturated carbocycles. The molecule has 3 amide bonds. The van der Waals surface area contributed by atoms with Crippen LogP contribution in [0.15, 0.2) is 45.9 Å². The molecule has 0 aliphatic carbocycles. The summed E-state index contributed by atoms with van der Waals surface area (Å²) >= 11 is 0. The molecule has 1 aromatic carbocycles. The van der Waals surface area contributed by atoms with Crippen LogP contribution in [0.2, 0.25) is 0 Å². The van der Waals surface area contributed by atoms with E-state index in [2.05, 4.69) is 5.10 Å². The van der Waals surface area contributed by atoms with Crippen LogP contribution in [-0.4, -0.2) is 137 Å². The highest BCUT2D eigenvalue weighted by Crippen LogP contribution is 2.24. The maximum atomic E-state index is 12.6. The zero-order chi connectivity index (χ0) is 31.4. The molecule has 0 bridgehead atoms. The number of aliphatic hydroxyl groups excluding tert-OH is 1. The van der Waals surface area contributed by atoms with Gasteiger partial charge in [-0.15, -0.1) is 0 Å². The summed E-state index contributed by atoms with van der Waals surface area (Å²) in [6.07, 6.45) is 1.32. The fourth-order valence-electron chi connectivity index (χ4n) is 3.71. The van der Waals surface area contributed by atoms with Gasteiger partial charge in [-0.1, -0.05) is 0 Å². The van der Waals surface area contributed by atoms with E-state index < -0.39 is 16.9 Å². The van der Waals surface area contributed by atoms with Crippen molar-refractivity contribution >= 4 is 23.8 Å². The summed E-state index contributed by atoms with van der Waals surface area (Å²) in [7, 11) is 0. The van der Waals surface area contributed by atoms with Crippen LogP contribution in [0, 0.1) is 10.1 Å². The Balaban J connectivity index is 1.19. The number of benzene rings is 1. The summed E-state index contributed by atoms with van der Waals surface area (Å²) in [5.41, 5.74) is 0.616. The van der Waals surface area contributed by atoms with Crippen molar-refractivity contribution in [1.29, 1.82) is 0 Å². The molecule has 3 rings (SSSR count). The molecule has 242 valence electrons. The summed E-state index contributed by atoms with van der Waals surface area (Å²) in [6, 6.07) is 8.65. The first kappa shape index (κ1) is 34.7. The van der Waals surface area contributed by atoms with E-state index in [-0.39, 0.29) is 32.0 Å². The molecule has 1 aromatic heterocycles. The molecule has 2 aromatic rings. The summed E-state index contributed by atoms with van der Waals surface area (Å²) < 4.78 is 37.8. The maximum Gasteiger partial charge on any atom is 0.347 e. The third-order valence-electron chi connectivity index (χ3n) is 5.91. The Morgan fingerprint density at radius 2 is 1.32 bits per heavy atom. The summed E-state index contributed by atoms with van der Waals surface area (Å²) in [5.74, 6) is 0.427. The molecule has 1 aliphatic rings. The van der Waals surface area contributed by atoms with Gasteiger partial charge in [-0.05, 0) is 24.3 Å². The second-order valence-electron chi connectivity index (χ2n) is 9.03. The van der Waals surface area contributed by atoms with Gasteiger partial charge in [0.15, 0.2) is 0 Å². The number of hydrazone groups is 1. The number of urea groups is 1. The number of ether oxygens (including phenoxy) is 6. The second-order valence-corrected chi connectivity index (χ2v) is 9.03. The average molecular weight is 623 g/mol. The molecule has 16 nitrogen and oxygen atoms in total. The number of carbonyl (C=O) groups excluding carboxylic acids is 2. The topological polar surface area (TPSA) is 185 Å². The zero-order valence-electron chi connectivity index (χ0n) is 24.4. The number of furan rings is 1. The zero-order valence-corrected chi connectivity index (χ0v) is 24.4. The number of non-ortho nitro benzene ring substituents is 1. The molecule has 0 atom stereocenters. The van der Waals surface area contributed by atoms with E-state index in [1.807, 2.05) is 0 Å². The molecule has 1 N–H and O–H groups in total. The van der Waals surface area contributed by atoms with Gasteiger partial charge in [-0.3, -0.25) is 19.8 Å². The van der Waals surface area contributed by atoms with Crippen LogP contribution in [0.25, 0.3) is 11.3 Å². The first-order valence-corrected chi connectivity index (χ1v) is 14.1. The van der Waals surface area contributed by atoms with E-state index in [1.54, 1.807) is 24.3 Å². The van der Waals surface area contributed by atoms with Crippen LogP contribution in [0.3, 0.4) is 0 Å². The number of hydrogen-bond donors (Lipinski definition) is 1. The molecule has 1 fully saturated rings. The van der Waals surface area contributed by atoms with Crippen molar-refractivity contribution in [3.05, 3.63) is 52.3 Å². The van der Waals surface area contributed by atoms with E-state index in [1.165, 1.54) is 18.3 Å². The van der Waals surface area contributed by atoms with Crippen molar-refractivity contribution in [1.82, 2.24) is 9.91 Å². The Hall–Kier alpha value is -3.77. The monoisotopic (exact) mass is 622 g/mol. The van der Waals surface area contributed by atoms with Gasteiger partial charge in [0.1, 0.15) is 18.1 Å². The lowest BCUT2D eigenvalue weighted by atomic mass is 10.1. The molecule has 0 spiro atoms. The maximum absolute atomic E-state index is 12.6. The Bertz CT molecular complexity index is 1170. The highest BCUT2D eigenvalue weighted by Gasteiger charge is 2.35. The Kier molecular flexibility index (Phi) is 16.0.